The first-order valence-corrected chi connectivity index (χ1v) is 5.45. The SMILES string of the molecule is NC1(C[P+](=O)O)CCCCC1. The van der Waals surface area contributed by atoms with Crippen molar-refractivity contribution in [1.82, 2.24) is 0 Å². The van der Waals surface area contributed by atoms with Crippen LogP contribution in [0.15, 0.2) is 0 Å². The predicted octanol–water partition coefficient (Wildman–Crippen LogP) is 1.38. The van der Waals surface area contributed by atoms with Crippen molar-refractivity contribution in [2.24, 2.45) is 5.73 Å². The Labute approximate surface area is 67.8 Å². The molecule has 0 heterocycles. The molecule has 1 fully saturated rings. The molecular formula is C7H15NO2P+. The number of nitrogens with two attached hydrogens (primary N) is 1. The van der Waals surface area contributed by atoms with E-state index in [0.29, 0.717) is 0 Å². The van der Waals surface area contributed by atoms with Gasteiger partial charge in [0.2, 0.25) is 0 Å². The zero-order valence-electron chi connectivity index (χ0n) is 6.62. The molecule has 4 heteroatoms. The van der Waals surface area contributed by atoms with Crippen molar-refractivity contribution >= 4 is 8.03 Å². The van der Waals surface area contributed by atoms with Crippen LogP contribution in [0.4, 0.5) is 0 Å². The van der Waals surface area contributed by atoms with Gasteiger partial charge in [-0.1, -0.05) is 19.3 Å². The van der Waals surface area contributed by atoms with Crippen LogP contribution in [0.1, 0.15) is 32.1 Å². The van der Waals surface area contributed by atoms with E-state index in [1.807, 2.05) is 0 Å². The minimum Gasteiger partial charge on any atom is -0.321 e. The van der Waals surface area contributed by atoms with E-state index in [-0.39, 0.29) is 11.7 Å². The Morgan fingerprint density at radius 3 is 2.36 bits per heavy atom. The largest absolute Gasteiger partial charge is 0.507 e. The van der Waals surface area contributed by atoms with Crippen LogP contribution in [0.3, 0.4) is 0 Å². The lowest BCUT2D eigenvalue weighted by molar-refractivity contribution is 0.319. The van der Waals surface area contributed by atoms with E-state index in [2.05, 4.69) is 0 Å². The third kappa shape index (κ3) is 2.86. The van der Waals surface area contributed by atoms with Crippen LogP contribution in [0.5, 0.6) is 0 Å². The van der Waals surface area contributed by atoms with E-state index < -0.39 is 8.03 Å². The molecule has 0 aromatic heterocycles. The fraction of sp³-hybridized carbons (Fsp3) is 1.00. The van der Waals surface area contributed by atoms with Crippen LogP contribution in [-0.2, 0) is 4.57 Å². The van der Waals surface area contributed by atoms with Crippen LogP contribution < -0.4 is 5.73 Å². The fourth-order valence-corrected chi connectivity index (χ4v) is 2.54. The summed E-state index contributed by atoms with van der Waals surface area (Å²) in [6.45, 7) is 0. The normalized spacial score (nSPS) is 24.7. The summed E-state index contributed by atoms with van der Waals surface area (Å²) in [5.41, 5.74) is 5.58. The summed E-state index contributed by atoms with van der Waals surface area (Å²) < 4.78 is 10.5. The van der Waals surface area contributed by atoms with E-state index in [1.165, 1.54) is 6.42 Å². The van der Waals surface area contributed by atoms with Crippen LogP contribution in [0, 0.1) is 0 Å². The molecule has 64 valence electrons. The fourth-order valence-electron chi connectivity index (χ4n) is 1.68. The predicted molar refractivity (Wildman–Crippen MR) is 44.7 cm³/mol. The summed E-state index contributed by atoms with van der Waals surface area (Å²) in [4.78, 5) is 8.70. The lowest BCUT2D eigenvalue weighted by atomic mass is 9.84. The molecule has 1 rings (SSSR count). The van der Waals surface area contributed by atoms with Crippen molar-refractivity contribution < 1.29 is 9.46 Å². The molecule has 3 nitrogen and oxygen atoms in total. The van der Waals surface area contributed by atoms with Gasteiger partial charge in [-0.2, -0.15) is 4.89 Å². The first kappa shape index (κ1) is 9.11. The Morgan fingerprint density at radius 2 is 1.91 bits per heavy atom. The molecule has 0 saturated heterocycles. The summed E-state index contributed by atoms with van der Waals surface area (Å²) in [7, 11) is -2.05. The van der Waals surface area contributed by atoms with E-state index >= 15 is 0 Å². The van der Waals surface area contributed by atoms with Gasteiger partial charge >= 0.3 is 8.03 Å². The average Bonchev–Trinajstić information content (AvgIpc) is 1.85. The van der Waals surface area contributed by atoms with Crippen LogP contribution in [0.2, 0.25) is 0 Å². The molecule has 0 aromatic rings. The average molecular weight is 176 g/mol. The molecule has 11 heavy (non-hydrogen) atoms. The van der Waals surface area contributed by atoms with Gasteiger partial charge < -0.3 is 5.73 Å². The monoisotopic (exact) mass is 176 g/mol. The second-order valence-electron chi connectivity index (χ2n) is 3.43. The molecule has 1 atom stereocenters. The third-order valence-corrected chi connectivity index (χ3v) is 3.20. The van der Waals surface area contributed by atoms with Gasteiger partial charge in [-0.15, -0.1) is 0 Å². The van der Waals surface area contributed by atoms with E-state index in [0.717, 1.165) is 25.7 Å². The Hall–Kier alpha value is 0.0200. The second kappa shape index (κ2) is 3.61. The number of hydrogen-bond acceptors (Lipinski definition) is 2. The highest BCUT2D eigenvalue weighted by Gasteiger charge is 2.35. The summed E-state index contributed by atoms with van der Waals surface area (Å²) in [6.07, 6.45) is 5.55. The van der Waals surface area contributed by atoms with Gasteiger partial charge in [0, 0.05) is 0 Å². The Morgan fingerprint density at radius 1 is 1.36 bits per heavy atom. The van der Waals surface area contributed by atoms with Crippen molar-refractivity contribution in [2.75, 3.05) is 6.16 Å². The van der Waals surface area contributed by atoms with E-state index in [1.54, 1.807) is 0 Å². The maximum absolute atomic E-state index is 10.5. The summed E-state index contributed by atoms with van der Waals surface area (Å²) in [5, 5.41) is 0. The highest BCUT2D eigenvalue weighted by atomic mass is 31.1. The van der Waals surface area contributed by atoms with Crippen molar-refractivity contribution in [1.29, 1.82) is 0 Å². The van der Waals surface area contributed by atoms with Gasteiger partial charge in [-0.3, -0.25) is 0 Å². The van der Waals surface area contributed by atoms with Gasteiger partial charge in [0.1, 0.15) is 0 Å². The number of hydrogen-bond donors (Lipinski definition) is 2. The second-order valence-corrected chi connectivity index (χ2v) is 4.45. The van der Waals surface area contributed by atoms with Gasteiger partial charge in [0.25, 0.3) is 0 Å². The molecule has 1 saturated carbocycles. The summed E-state index contributed by atoms with van der Waals surface area (Å²) in [5.74, 6) is 0. The van der Waals surface area contributed by atoms with Crippen molar-refractivity contribution in [3.63, 3.8) is 0 Å². The highest BCUT2D eigenvalue weighted by Crippen LogP contribution is 2.32. The minimum absolute atomic E-state index is 0.280. The maximum atomic E-state index is 10.5. The van der Waals surface area contributed by atoms with Crippen LogP contribution >= 0.6 is 8.03 Å². The summed E-state index contributed by atoms with van der Waals surface area (Å²) >= 11 is 0. The lowest BCUT2D eigenvalue weighted by Crippen LogP contribution is -2.44. The third-order valence-electron chi connectivity index (χ3n) is 2.30. The van der Waals surface area contributed by atoms with Gasteiger partial charge in [0.15, 0.2) is 6.16 Å². The molecule has 0 aromatic carbocycles. The van der Waals surface area contributed by atoms with Gasteiger partial charge in [0.05, 0.1) is 5.54 Å². The smallest absolute Gasteiger partial charge is 0.321 e. The molecule has 1 aliphatic carbocycles. The Bertz CT molecular complexity index is 155. The van der Waals surface area contributed by atoms with Crippen LogP contribution in [-0.4, -0.2) is 16.6 Å². The van der Waals surface area contributed by atoms with Crippen molar-refractivity contribution in [3.8, 4) is 0 Å². The zero-order chi connectivity index (χ0) is 8.32. The molecule has 3 N–H and O–H groups in total. The van der Waals surface area contributed by atoms with E-state index in [4.69, 9.17) is 10.6 Å². The number of rotatable bonds is 2. The van der Waals surface area contributed by atoms with Crippen LogP contribution in [0.25, 0.3) is 0 Å². The minimum atomic E-state index is -2.05. The summed E-state index contributed by atoms with van der Waals surface area (Å²) in [6, 6.07) is 0. The molecule has 0 aliphatic heterocycles. The molecule has 1 unspecified atom stereocenters. The molecule has 0 bridgehead atoms. The maximum Gasteiger partial charge on any atom is 0.507 e. The lowest BCUT2D eigenvalue weighted by Gasteiger charge is -2.28. The molecule has 1 aliphatic rings. The first-order valence-electron chi connectivity index (χ1n) is 4.05. The van der Waals surface area contributed by atoms with E-state index in [9.17, 15) is 4.57 Å². The van der Waals surface area contributed by atoms with Gasteiger partial charge in [-0.05, 0) is 17.4 Å². The topological polar surface area (TPSA) is 63.3 Å². The Kier molecular flexibility index (Phi) is 2.99. The standard InChI is InChI=1S/C7H14NO2P/c8-7(6-11(9)10)4-2-1-3-5-7/h1-6,8H2/p+1. The van der Waals surface area contributed by atoms with Crippen molar-refractivity contribution in [2.45, 2.75) is 37.6 Å². The Balaban J connectivity index is 2.43. The molecular weight excluding hydrogens is 161 g/mol. The molecule has 0 radical (unpaired) electrons. The van der Waals surface area contributed by atoms with Crippen molar-refractivity contribution in [3.05, 3.63) is 0 Å². The molecule has 0 spiro atoms. The zero-order valence-corrected chi connectivity index (χ0v) is 7.52. The van der Waals surface area contributed by atoms with Gasteiger partial charge in [-0.25, -0.2) is 0 Å². The quantitative estimate of drug-likeness (QED) is 0.625. The highest BCUT2D eigenvalue weighted by molar-refractivity contribution is 7.38. The first-order chi connectivity index (χ1) is 5.12. The molecule has 0 amide bonds.